The molecule has 30 heavy (non-hydrogen) atoms. The van der Waals surface area contributed by atoms with E-state index < -0.39 is 18.1 Å². The lowest BCUT2D eigenvalue weighted by Gasteiger charge is -2.25. The number of hydrogen-bond donors (Lipinski definition) is 1. The second-order valence-electron chi connectivity index (χ2n) is 8.03. The quantitative estimate of drug-likeness (QED) is 0.620. The summed E-state index contributed by atoms with van der Waals surface area (Å²) in [5.41, 5.74) is 4.53. The van der Waals surface area contributed by atoms with Crippen LogP contribution < -0.4 is 0 Å². The van der Waals surface area contributed by atoms with E-state index >= 15 is 0 Å². The van der Waals surface area contributed by atoms with Crippen molar-refractivity contribution in [2.24, 2.45) is 5.92 Å². The Morgan fingerprint density at radius 3 is 2.13 bits per heavy atom. The number of carbonyl (C=O) groups is 2. The van der Waals surface area contributed by atoms with Gasteiger partial charge in [-0.15, -0.1) is 0 Å². The molecule has 0 unspecified atom stereocenters. The molecule has 0 saturated heterocycles. The number of hydrogen-bond acceptors (Lipinski definition) is 4. The van der Waals surface area contributed by atoms with Gasteiger partial charge in [0.05, 0.1) is 0 Å². The van der Waals surface area contributed by atoms with Gasteiger partial charge in [-0.3, -0.25) is 4.90 Å². The number of carbonyl (C=O) groups excluding carboxylic acids is 1. The molecule has 0 aliphatic heterocycles. The van der Waals surface area contributed by atoms with Gasteiger partial charge in [-0.05, 0) is 28.2 Å². The van der Waals surface area contributed by atoms with Gasteiger partial charge in [0.15, 0.2) is 0 Å². The van der Waals surface area contributed by atoms with Gasteiger partial charge in [0.2, 0.25) is 0 Å². The Hall–Kier alpha value is -2.86. The molecule has 0 radical (unpaired) electrons. The van der Waals surface area contributed by atoms with Gasteiger partial charge < -0.3 is 14.6 Å². The Bertz CT molecular complexity index is 849. The molecule has 6 nitrogen and oxygen atoms in total. The van der Waals surface area contributed by atoms with Crippen molar-refractivity contribution in [2.75, 3.05) is 26.9 Å². The standard InChI is InChI=1S/C24H29NO5/c1-16(2)14-29-13-12-22(23(26)27)25(3)24(28)30-15-21-19-10-6-4-8-17(19)18-9-5-7-11-20(18)21/h4-11,16,21-22H,12-15H2,1-3H3,(H,26,27)/t22-/m1/s1. The summed E-state index contributed by atoms with van der Waals surface area (Å²) in [7, 11) is 1.46. The van der Waals surface area contributed by atoms with E-state index in [0.717, 1.165) is 27.2 Å². The third-order valence-electron chi connectivity index (χ3n) is 5.36. The molecule has 0 heterocycles. The number of benzene rings is 2. The lowest BCUT2D eigenvalue weighted by molar-refractivity contribution is -0.143. The second kappa shape index (κ2) is 9.76. The van der Waals surface area contributed by atoms with Crippen molar-refractivity contribution < 1.29 is 24.2 Å². The topological polar surface area (TPSA) is 76.1 Å². The lowest BCUT2D eigenvalue weighted by Crippen LogP contribution is -2.43. The number of fused-ring (bicyclic) bond motifs is 3. The molecule has 3 rings (SSSR count). The molecule has 0 saturated carbocycles. The van der Waals surface area contributed by atoms with Crippen LogP contribution in [0, 0.1) is 5.92 Å². The maximum absolute atomic E-state index is 12.6. The Labute approximate surface area is 177 Å². The third kappa shape index (κ3) is 4.82. The van der Waals surface area contributed by atoms with Crippen LogP contribution in [0.5, 0.6) is 0 Å². The fourth-order valence-corrected chi connectivity index (χ4v) is 3.82. The molecule has 0 aromatic heterocycles. The summed E-state index contributed by atoms with van der Waals surface area (Å²) in [6.07, 6.45) is -0.434. The van der Waals surface area contributed by atoms with E-state index in [2.05, 4.69) is 12.1 Å². The average Bonchev–Trinajstić information content (AvgIpc) is 3.05. The summed E-state index contributed by atoms with van der Waals surface area (Å²) in [4.78, 5) is 25.4. The lowest BCUT2D eigenvalue weighted by atomic mass is 9.98. The number of carboxylic acid groups (broad SMARTS) is 1. The summed E-state index contributed by atoms with van der Waals surface area (Å²) < 4.78 is 11.0. The van der Waals surface area contributed by atoms with Crippen LogP contribution in [0.3, 0.4) is 0 Å². The molecule has 1 atom stereocenters. The molecular weight excluding hydrogens is 382 g/mol. The van der Waals surface area contributed by atoms with Gasteiger partial charge in [0.25, 0.3) is 0 Å². The number of amides is 1. The van der Waals surface area contributed by atoms with E-state index in [0.29, 0.717) is 12.5 Å². The fraction of sp³-hybridized carbons (Fsp3) is 0.417. The molecule has 160 valence electrons. The van der Waals surface area contributed by atoms with E-state index in [1.165, 1.54) is 7.05 Å². The van der Waals surface area contributed by atoms with Crippen LogP contribution in [-0.2, 0) is 14.3 Å². The zero-order valence-corrected chi connectivity index (χ0v) is 17.7. The van der Waals surface area contributed by atoms with Crippen molar-refractivity contribution in [1.29, 1.82) is 0 Å². The summed E-state index contributed by atoms with van der Waals surface area (Å²) in [6, 6.07) is 15.2. The van der Waals surface area contributed by atoms with E-state index in [9.17, 15) is 14.7 Å². The Balaban J connectivity index is 1.63. The van der Waals surface area contributed by atoms with E-state index in [-0.39, 0.29) is 25.6 Å². The maximum Gasteiger partial charge on any atom is 0.410 e. The second-order valence-corrected chi connectivity index (χ2v) is 8.03. The monoisotopic (exact) mass is 411 g/mol. The number of nitrogens with zero attached hydrogens (tertiary/aromatic N) is 1. The van der Waals surface area contributed by atoms with Gasteiger partial charge >= 0.3 is 12.1 Å². The van der Waals surface area contributed by atoms with Crippen LogP contribution in [0.15, 0.2) is 48.5 Å². The van der Waals surface area contributed by atoms with Crippen LogP contribution in [0.2, 0.25) is 0 Å². The summed E-state index contributed by atoms with van der Waals surface area (Å²) >= 11 is 0. The number of aliphatic carboxylic acids is 1. The molecule has 1 N–H and O–H groups in total. The molecule has 0 spiro atoms. The Kier molecular flexibility index (Phi) is 7.11. The predicted octanol–water partition coefficient (Wildman–Crippen LogP) is 4.38. The molecule has 2 aromatic rings. The summed E-state index contributed by atoms with van der Waals surface area (Å²) in [5.74, 6) is -0.764. The maximum atomic E-state index is 12.6. The number of likely N-dealkylation sites (N-methyl/N-ethyl adjacent to an activating group) is 1. The number of rotatable bonds is 9. The molecule has 1 aliphatic rings. The van der Waals surface area contributed by atoms with Crippen LogP contribution in [0.1, 0.15) is 37.3 Å². The van der Waals surface area contributed by atoms with Gasteiger partial charge in [0.1, 0.15) is 12.6 Å². The highest BCUT2D eigenvalue weighted by molar-refractivity contribution is 5.81. The van der Waals surface area contributed by atoms with Crippen molar-refractivity contribution in [3.05, 3.63) is 59.7 Å². The highest BCUT2D eigenvalue weighted by Crippen LogP contribution is 2.44. The summed E-state index contributed by atoms with van der Waals surface area (Å²) in [5, 5.41) is 9.54. The summed E-state index contributed by atoms with van der Waals surface area (Å²) in [6.45, 7) is 5.04. The van der Waals surface area contributed by atoms with Crippen molar-refractivity contribution >= 4 is 12.1 Å². The number of ether oxygens (including phenoxy) is 2. The first-order valence-electron chi connectivity index (χ1n) is 10.3. The van der Waals surface area contributed by atoms with Crippen LogP contribution in [0.25, 0.3) is 11.1 Å². The van der Waals surface area contributed by atoms with Crippen molar-refractivity contribution in [2.45, 2.75) is 32.2 Å². The highest BCUT2D eigenvalue weighted by Gasteiger charge is 2.31. The van der Waals surface area contributed by atoms with Crippen molar-refractivity contribution in [3.63, 3.8) is 0 Å². The average molecular weight is 411 g/mol. The molecular formula is C24H29NO5. The zero-order valence-electron chi connectivity index (χ0n) is 17.7. The first kappa shape index (κ1) is 21.8. The molecule has 0 bridgehead atoms. The first-order chi connectivity index (χ1) is 14.4. The fourth-order valence-electron chi connectivity index (χ4n) is 3.82. The van der Waals surface area contributed by atoms with Gasteiger partial charge in [0, 0.05) is 32.6 Å². The minimum atomic E-state index is -1.07. The van der Waals surface area contributed by atoms with Gasteiger partial charge in [-0.1, -0.05) is 62.4 Å². The Morgan fingerprint density at radius 1 is 1.03 bits per heavy atom. The smallest absolute Gasteiger partial charge is 0.410 e. The van der Waals surface area contributed by atoms with E-state index in [1.54, 1.807) is 0 Å². The third-order valence-corrected chi connectivity index (χ3v) is 5.36. The van der Waals surface area contributed by atoms with Crippen LogP contribution in [-0.4, -0.2) is 55.0 Å². The molecule has 1 amide bonds. The molecule has 0 fully saturated rings. The normalized spacial score (nSPS) is 13.6. The van der Waals surface area contributed by atoms with Gasteiger partial charge in [-0.25, -0.2) is 9.59 Å². The first-order valence-corrected chi connectivity index (χ1v) is 10.3. The Morgan fingerprint density at radius 2 is 1.60 bits per heavy atom. The molecule has 6 heteroatoms. The molecule has 1 aliphatic carbocycles. The van der Waals surface area contributed by atoms with Crippen molar-refractivity contribution in [1.82, 2.24) is 4.90 Å². The van der Waals surface area contributed by atoms with E-state index in [4.69, 9.17) is 9.47 Å². The van der Waals surface area contributed by atoms with Gasteiger partial charge in [-0.2, -0.15) is 0 Å². The predicted molar refractivity (Wildman–Crippen MR) is 115 cm³/mol. The zero-order chi connectivity index (χ0) is 21.7. The van der Waals surface area contributed by atoms with Crippen LogP contribution in [0.4, 0.5) is 4.79 Å². The van der Waals surface area contributed by atoms with Crippen molar-refractivity contribution in [3.8, 4) is 11.1 Å². The largest absolute Gasteiger partial charge is 0.480 e. The van der Waals surface area contributed by atoms with Crippen LogP contribution >= 0.6 is 0 Å². The number of carboxylic acids is 1. The molecule has 2 aromatic carbocycles. The minimum absolute atomic E-state index is 0.0626. The van der Waals surface area contributed by atoms with E-state index in [1.807, 2.05) is 50.2 Å². The SMILES string of the molecule is CC(C)COCC[C@H](C(=O)O)N(C)C(=O)OCC1c2ccccc2-c2ccccc21. The minimum Gasteiger partial charge on any atom is -0.480 e. The highest BCUT2D eigenvalue weighted by atomic mass is 16.6.